The second-order valence-electron chi connectivity index (χ2n) is 3.08. The molecule has 1 N–H and O–H groups in total. The van der Waals surface area contributed by atoms with E-state index >= 15 is 0 Å². The number of aromatic amines is 1. The van der Waals surface area contributed by atoms with Crippen LogP contribution in [0, 0.1) is 0 Å². The lowest BCUT2D eigenvalue weighted by molar-refractivity contribution is -0.112. The fraction of sp³-hybridized carbons (Fsp3) is 0.0909. The highest BCUT2D eigenvalue weighted by Crippen LogP contribution is 2.10. The molecule has 3 heteroatoms. The van der Waals surface area contributed by atoms with Crippen LogP contribution in [-0.2, 0) is 4.79 Å². The smallest absolute Gasteiger partial charge is 0.152 e. The fourth-order valence-corrected chi connectivity index (χ4v) is 1.25. The maximum Gasteiger partial charge on any atom is 0.152 e. The SMILES string of the molecule is CC(=O)C=Cc1nc2ccccc2[nH]1. The molecule has 1 aromatic heterocycles. The molecule has 2 aromatic rings. The number of allylic oxidation sites excluding steroid dienone is 1. The van der Waals surface area contributed by atoms with Gasteiger partial charge in [0.25, 0.3) is 0 Å². The van der Waals surface area contributed by atoms with Crippen LogP contribution < -0.4 is 0 Å². The molecule has 0 fully saturated rings. The number of imidazole rings is 1. The minimum Gasteiger partial charge on any atom is -0.338 e. The molecular formula is C11H10N2O. The molecule has 70 valence electrons. The molecule has 0 aliphatic carbocycles. The van der Waals surface area contributed by atoms with Crippen LogP contribution in [0.3, 0.4) is 0 Å². The Morgan fingerprint density at radius 3 is 2.93 bits per heavy atom. The highest BCUT2D eigenvalue weighted by molar-refractivity contribution is 5.91. The van der Waals surface area contributed by atoms with Crippen molar-refractivity contribution in [1.82, 2.24) is 9.97 Å². The molecule has 0 unspecified atom stereocenters. The van der Waals surface area contributed by atoms with Crippen molar-refractivity contribution in [3.8, 4) is 0 Å². The number of rotatable bonds is 2. The molecule has 0 aliphatic rings. The van der Waals surface area contributed by atoms with Crippen molar-refractivity contribution in [2.75, 3.05) is 0 Å². The van der Waals surface area contributed by atoms with Gasteiger partial charge in [0.15, 0.2) is 5.78 Å². The fourth-order valence-electron chi connectivity index (χ4n) is 1.25. The zero-order valence-electron chi connectivity index (χ0n) is 7.82. The lowest BCUT2D eigenvalue weighted by atomic mass is 10.3. The monoisotopic (exact) mass is 186 g/mol. The summed E-state index contributed by atoms with van der Waals surface area (Å²) in [7, 11) is 0. The number of aromatic nitrogens is 2. The summed E-state index contributed by atoms with van der Waals surface area (Å²) in [6.45, 7) is 1.51. The number of benzene rings is 1. The van der Waals surface area contributed by atoms with Gasteiger partial charge in [-0.05, 0) is 31.2 Å². The summed E-state index contributed by atoms with van der Waals surface area (Å²) in [6.07, 6.45) is 3.18. The zero-order valence-corrected chi connectivity index (χ0v) is 7.82. The minimum atomic E-state index is 0.0189. The van der Waals surface area contributed by atoms with Crippen molar-refractivity contribution in [3.63, 3.8) is 0 Å². The standard InChI is InChI=1S/C11H10N2O/c1-8(14)6-7-11-12-9-4-2-3-5-10(9)13-11/h2-7H,1H3,(H,12,13). The molecule has 0 aliphatic heterocycles. The predicted octanol–water partition coefficient (Wildman–Crippen LogP) is 2.17. The second-order valence-corrected chi connectivity index (χ2v) is 3.08. The summed E-state index contributed by atoms with van der Waals surface area (Å²) in [6, 6.07) is 7.75. The van der Waals surface area contributed by atoms with E-state index in [1.54, 1.807) is 6.08 Å². The normalized spacial score (nSPS) is 11.2. The summed E-state index contributed by atoms with van der Waals surface area (Å²) in [4.78, 5) is 18.1. The van der Waals surface area contributed by atoms with Gasteiger partial charge in [-0.25, -0.2) is 4.98 Å². The molecule has 3 nitrogen and oxygen atoms in total. The van der Waals surface area contributed by atoms with Crippen molar-refractivity contribution >= 4 is 22.9 Å². The van der Waals surface area contributed by atoms with Crippen LogP contribution in [0.2, 0.25) is 0 Å². The Morgan fingerprint density at radius 1 is 1.43 bits per heavy atom. The lowest BCUT2D eigenvalue weighted by Gasteiger charge is -1.81. The third-order valence-corrected chi connectivity index (χ3v) is 1.88. The molecule has 0 amide bonds. The first-order valence-electron chi connectivity index (χ1n) is 4.39. The molecule has 0 saturated heterocycles. The van der Waals surface area contributed by atoms with Crippen LogP contribution in [0.5, 0.6) is 0 Å². The summed E-state index contributed by atoms with van der Waals surface area (Å²) in [5.74, 6) is 0.729. The van der Waals surface area contributed by atoms with E-state index in [1.807, 2.05) is 24.3 Å². The van der Waals surface area contributed by atoms with E-state index in [2.05, 4.69) is 9.97 Å². The molecule has 0 atom stereocenters. The number of hydrogen-bond acceptors (Lipinski definition) is 2. The average Bonchev–Trinajstić information content (AvgIpc) is 2.57. The molecule has 0 radical (unpaired) electrons. The van der Waals surface area contributed by atoms with E-state index in [-0.39, 0.29) is 5.78 Å². The number of nitrogens with zero attached hydrogens (tertiary/aromatic N) is 1. The number of para-hydroxylation sites is 2. The topological polar surface area (TPSA) is 45.8 Å². The Balaban J connectivity index is 2.40. The number of fused-ring (bicyclic) bond motifs is 1. The summed E-state index contributed by atoms with van der Waals surface area (Å²) in [5.41, 5.74) is 1.89. The summed E-state index contributed by atoms with van der Waals surface area (Å²) < 4.78 is 0. The van der Waals surface area contributed by atoms with Gasteiger partial charge in [0.2, 0.25) is 0 Å². The Labute approximate surface area is 81.5 Å². The molecule has 2 rings (SSSR count). The first-order chi connectivity index (χ1) is 6.75. The van der Waals surface area contributed by atoms with Crippen molar-refractivity contribution in [3.05, 3.63) is 36.2 Å². The van der Waals surface area contributed by atoms with Gasteiger partial charge < -0.3 is 4.98 Å². The van der Waals surface area contributed by atoms with Crippen molar-refractivity contribution in [1.29, 1.82) is 0 Å². The lowest BCUT2D eigenvalue weighted by Crippen LogP contribution is -1.81. The predicted molar refractivity (Wildman–Crippen MR) is 55.8 cm³/mol. The molecule has 1 heterocycles. The number of hydrogen-bond donors (Lipinski definition) is 1. The number of ketones is 1. The van der Waals surface area contributed by atoms with Crippen molar-refractivity contribution in [2.24, 2.45) is 0 Å². The van der Waals surface area contributed by atoms with E-state index in [0.717, 1.165) is 11.0 Å². The van der Waals surface area contributed by atoms with E-state index < -0.39 is 0 Å². The van der Waals surface area contributed by atoms with Crippen molar-refractivity contribution in [2.45, 2.75) is 6.92 Å². The Bertz CT molecular complexity index is 464. The molecule has 0 bridgehead atoms. The van der Waals surface area contributed by atoms with Gasteiger partial charge in [-0.15, -0.1) is 0 Å². The van der Waals surface area contributed by atoms with Crippen LogP contribution in [0.4, 0.5) is 0 Å². The first-order valence-corrected chi connectivity index (χ1v) is 4.39. The molecular weight excluding hydrogens is 176 g/mol. The molecule has 0 saturated carbocycles. The van der Waals surface area contributed by atoms with Gasteiger partial charge in [-0.3, -0.25) is 4.79 Å². The van der Waals surface area contributed by atoms with E-state index in [1.165, 1.54) is 13.0 Å². The number of nitrogens with one attached hydrogen (secondary N) is 1. The quantitative estimate of drug-likeness (QED) is 0.730. The highest BCUT2D eigenvalue weighted by atomic mass is 16.1. The number of H-pyrrole nitrogens is 1. The molecule has 14 heavy (non-hydrogen) atoms. The van der Waals surface area contributed by atoms with E-state index in [0.29, 0.717) is 5.82 Å². The zero-order chi connectivity index (χ0) is 9.97. The van der Waals surface area contributed by atoms with Gasteiger partial charge in [-0.1, -0.05) is 12.1 Å². The van der Waals surface area contributed by atoms with Crippen LogP contribution in [0.1, 0.15) is 12.7 Å². The maximum absolute atomic E-state index is 10.7. The van der Waals surface area contributed by atoms with Gasteiger partial charge >= 0.3 is 0 Å². The van der Waals surface area contributed by atoms with Gasteiger partial charge in [0.1, 0.15) is 5.82 Å². The third-order valence-electron chi connectivity index (χ3n) is 1.88. The Hall–Kier alpha value is -1.90. The summed E-state index contributed by atoms with van der Waals surface area (Å²) in [5, 5.41) is 0. The van der Waals surface area contributed by atoms with Crippen LogP contribution in [0.25, 0.3) is 17.1 Å². The van der Waals surface area contributed by atoms with Gasteiger partial charge in [0, 0.05) is 0 Å². The van der Waals surface area contributed by atoms with Crippen molar-refractivity contribution < 1.29 is 4.79 Å². The van der Waals surface area contributed by atoms with Gasteiger partial charge in [0.05, 0.1) is 11.0 Å². The second kappa shape index (κ2) is 3.46. The van der Waals surface area contributed by atoms with Crippen LogP contribution >= 0.6 is 0 Å². The molecule has 1 aromatic carbocycles. The first kappa shape index (κ1) is 8.69. The maximum atomic E-state index is 10.7. The number of carbonyl (C=O) groups is 1. The van der Waals surface area contributed by atoms with Crippen LogP contribution in [0.15, 0.2) is 30.3 Å². The summed E-state index contributed by atoms with van der Waals surface area (Å²) >= 11 is 0. The molecule has 0 spiro atoms. The Morgan fingerprint density at radius 2 is 2.21 bits per heavy atom. The average molecular weight is 186 g/mol. The highest BCUT2D eigenvalue weighted by Gasteiger charge is 1.97. The third kappa shape index (κ3) is 1.71. The van der Waals surface area contributed by atoms with Crippen LogP contribution in [-0.4, -0.2) is 15.8 Å². The number of carbonyl (C=O) groups excluding carboxylic acids is 1. The largest absolute Gasteiger partial charge is 0.338 e. The minimum absolute atomic E-state index is 0.0189. The van der Waals surface area contributed by atoms with Gasteiger partial charge in [-0.2, -0.15) is 0 Å². The Kier molecular flexibility index (Phi) is 2.14. The van der Waals surface area contributed by atoms with E-state index in [4.69, 9.17) is 0 Å². The van der Waals surface area contributed by atoms with E-state index in [9.17, 15) is 4.79 Å².